The van der Waals surface area contributed by atoms with E-state index >= 15 is 0 Å². The van der Waals surface area contributed by atoms with Crippen molar-refractivity contribution >= 4 is 47.4 Å². The number of piperazine rings is 1. The molecule has 1 atom stereocenters. The quantitative estimate of drug-likeness (QED) is 0.131. The summed E-state index contributed by atoms with van der Waals surface area (Å²) in [5.74, 6) is 0. The third-order valence-electron chi connectivity index (χ3n) is 5.53. The molecule has 0 spiro atoms. The minimum Gasteiger partial charge on any atom is -0.394 e. The van der Waals surface area contributed by atoms with E-state index in [1.165, 1.54) is 0 Å². The molecule has 1 saturated heterocycles. The van der Waals surface area contributed by atoms with Gasteiger partial charge in [0.25, 0.3) is 15.8 Å². The molecule has 0 bridgehead atoms. The first-order valence-electron chi connectivity index (χ1n) is 11.1. The molecular weight excluding hydrogens is 629 g/mol. The molecule has 0 amide bonds. The van der Waals surface area contributed by atoms with Crippen molar-refractivity contribution in [3.05, 3.63) is 27.8 Å². The van der Waals surface area contributed by atoms with Crippen molar-refractivity contribution in [2.75, 3.05) is 75.5 Å². The highest BCUT2D eigenvalue weighted by Gasteiger charge is 2.42. The minimum absolute atomic E-state index is 0.0457. The van der Waals surface area contributed by atoms with E-state index in [9.17, 15) is 45.2 Å². The zero-order valence-corrected chi connectivity index (χ0v) is 23.4. The molecule has 218 valence electrons. The predicted octanol–water partition coefficient (Wildman–Crippen LogP) is 0.451. The molecule has 1 aromatic rings. The van der Waals surface area contributed by atoms with Gasteiger partial charge in [0, 0.05) is 63.3 Å². The maximum Gasteiger partial charge on any atom is 0.418 e. The van der Waals surface area contributed by atoms with Gasteiger partial charge in [-0.05, 0) is 0 Å². The van der Waals surface area contributed by atoms with E-state index < -0.39 is 78.9 Å². The number of alkyl halides is 4. The zero-order valence-electron chi connectivity index (χ0n) is 20.2. The Kier molecular flexibility index (Phi) is 11.3. The number of aliphatic hydroxyl groups excluding tert-OH is 2. The van der Waals surface area contributed by atoms with Crippen molar-refractivity contribution in [2.24, 2.45) is 0 Å². The molecule has 1 heterocycles. The lowest BCUT2D eigenvalue weighted by atomic mass is 10.1. The maximum atomic E-state index is 14.2. The lowest BCUT2D eigenvalue weighted by Gasteiger charge is -2.36. The molecule has 1 fully saturated rings. The fourth-order valence-corrected chi connectivity index (χ4v) is 6.30. The zero-order chi connectivity index (χ0) is 28.9. The second kappa shape index (κ2) is 13.2. The van der Waals surface area contributed by atoms with Crippen molar-refractivity contribution in [1.82, 2.24) is 9.21 Å². The van der Waals surface area contributed by atoms with Crippen molar-refractivity contribution in [3.8, 4) is 0 Å². The number of sulfonamides is 1. The van der Waals surface area contributed by atoms with Crippen LogP contribution in [0.5, 0.6) is 0 Å². The molecule has 0 radical (unpaired) electrons. The van der Waals surface area contributed by atoms with Crippen molar-refractivity contribution in [2.45, 2.75) is 17.2 Å². The molecule has 1 aromatic carbocycles. The Bertz CT molecular complexity index is 1190. The Hall–Kier alpha value is -1.61. The van der Waals surface area contributed by atoms with E-state index in [0.29, 0.717) is 6.07 Å². The molecule has 2 rings (SSSR count). The fraction of sp³-hybridized carbons (Fsp3) is 0.684. The highest BCUT2D eigenvalue weighted by atomic mass is 79.9. The number of nitro groups is 1. The van der Waals surface area contributed by atoms with Crippen molar-refractivity contribution in [3.63, 3.8) is 0 Å². The van der Waals surface area contributed by atoms with E-state index in [2.05, 4.69) is 20.1 Å². The van der Waals surface area contributed by atoms with E-state index in [-0.39, 0.29) is 50.7 Å². The molecule has 1 aliphatic heterocycles. The third kappa shape index (κ3) is 8.70. The number of hydrogen-bond acceptors (Lipinski definition) is 11. The Morgan fingerprint density at radius 3 is 2.26 bits per heavy atom. The van der Waals surface area contributed by atoms with E-state index in [0.717, 1.165) is 15.5 Å². The van der Waals surface area contributed by atoms with Gasteiger partial charge < -0.3 is 15.1 Å². The molecule has 0 aliphatic carbocycles. The lowest BCUT2D eigenvalue weighted by molar-refractivity contribution is -0.385. The van der Waals surface area contributed by atoms with Crippen LogP contribution in [0.2, 0.25) is 0 Å². The van der Waals surface area contributed by atoms with Crippen LogP contribution in [0.15, 0.2) is 17.0 Å². The Labute approximate surface area is 226 Å². The van der Waals surface area contributed by atoms with Crippen LogP contribution in [0.3, 0.4) is 0 Å². The number of non-ortho nitro benzene ring substituents is 1. The fourth-order valence-electron chi connectivity index (χ4n) is 3.82. The number of halogens is 4. The first-order chi connectivity index (χ1) is 17.5. The third-order valence-corrected chi connectivity index (χ3v) is 8.40. The molecular formula is C19H28BrF3N4O9S2. The van der Waals surface area contributed by atoms with E-state index in [1.54, 1.807) is 4.90 Å². The van der Waals surface area contributed by atoms with Crippen LogP contribution in [0.25, 0.3) is 0 Å². The molecule has 0 saturated carbocycles. The Balaban J connectivity index is 2.62. The summed E-state index contributed by atoms with van der Waals surface area (Å²) in [6.45, 7) is -1.99. The number of nitrogens with zero attached hydrogens (tertiary/aromatic N) is 4. The smallest absolute Gasteiger partial charge is 0.394 e. The lowest BCUT2D eigenvalue weighted by Crippen LogP contribution is -2.50. The number of rotatable bonds is 13. The number of anilines is 1. The van der Waals surface area contributed by atoms with Crippen LogP contribution in [0.1, 0.15) is 5.56 Å². The number of nitro benzene ring substituents is 1. The summed E-state index contributed by atoms with van der Waals surface area (Å²) in [7, 11) is -8.69. The maximum absolute atomic E-state index is 14.2. The van der Waals surface area contributed by atoms with E-state index in [1.807, 2.05) is 0 Å². The Morgan fingerprint density at radius 2 is 1.79 bits per heavy atom. The van der Waals surface area contributed by atoms with E-state index in [4.69, 9.17) is 5.11 Å². The largest absolute Gasteiger partial charge is 0.418 e. The number of benzene rings is 1. The van der Waals surface area contributed by atoms with Gasteiger partial charge in [0.1, 0.15) is 4.90 Å². The predicted molar refractivity (Wildman–Crippen MR) is 133 cm³/mol. The molecule has 0 aromatic heterocycles. The van der Waals surface area contributed by atoms with Crippen LogP contribution < -0.4 is 4.90 Å². The highest BCUT2D eigenvalue weighted by Crippen LogP contribution is 2.43. The van der Waals surface area contributed by atoms with Gasteiger partial charge in [-0.1, -0.05) is 15.9 Å². The number of hydrogen-bond donors (Lipinski definition) is 2. The van der Waals surface area contributed by atoms with Crippen molar-refractivity contribution < 1.29 is 49.3 Å². The van der Waals surface area contributed by atoms with Crippen LogP contribution in [-0.4, -0.2) is 118 Å². The standard InChI is InChI=1S/C19H28BrF3N4O9S2/c1-37(32,33)36-9-8-25(3-2-20)18-16(19(21,22)23)10-14(27(30)31)11-17(18)38(34,35)26-6-4-24(5-7-26)12-15(29)13-28/h10-11,15,28-29H,2-9,12-13H2,1H3. The monoisotopic (exact) mass is 656 g/mol. The van der Waals surface area contributed by atoms with Gasteiger partial charge in [0.2, 0.25) is 10.0 Å². The second-order valence-electron chi connectivity index (χ2n) is 8.34. The van der Waals surface area contributed by atoms with Gasteiger partial charge in [-0.3, -0.25) is 19.2 Å². The van der Waals surface area contributed by atoms with Gasteiger partial charge in [-0.2, -0.15) is 25.9 Å². The summed E-state index contributed by atoms with van der Waals surface area (Å²) in [4.78, 5) is 12.0. The van der Waals surface area contributed by atoms with Gasteiger partial charge in [-0.25, -0.2) is 8.42 Å². The van der Waals surface area contributed by atoms with Gasteiger partial charge in [-0.15, -0.1) is 0 Å². The summed E-state index contributed by atoms with van der Waals surface area (Å²) < 4.78 is 98.1. The first-order valence-corrected chi connectivity index (χ1v) is 15.5. The average Bonchev–Trinajstić information content (AvgIpc) is 2.81. The second-order valence-corrected chi connectivity index (χ2v) is 12.7. The normalized spacial score (nSPS) is 16.9. The summed E-state index contributed by atoms with van der Waals surface area (Å²) in [5, 5.41) is 30.1. The molecule has 1 unspecified atom stereocenters. The van der Waals surface area contributed by atoms with Crippen LogP contribution in [0, 0.1) is 10.1 Å². The number of β-amino-alcohol motifs (C(OH)–C–C–N with tert-alkyl or cyclic N) is 1. The van der Waals surface area contributed by atoms with Crippen LogP contribution in [-0.2, 0) is 30.5 Å². The van der Waals surface area contributed by atoms with Gasteiger partial charge in [0.05, 0.1) is 41.7 Å². The number of aliphatic hydroxyl groups is 2. The molecule has 2 N–H and O–H groups in total. The molecule has 1 aliphatic rings. The van der Waals surface area contributed by atoms with Crippen LogP contribution in [0.4, 0.5) is 24.5 Å². The highest BCUT2D eigenvalue weighted by molar-refractivity contribution is 9.09. The molecule has 13 nitrogen and oxygen atoms in total. The van der Waals surface area contributed by atoms with Gasteiger partial charge >= 0.3 is 6.18 Å². The van der Waals surface area contributed by atoms with Crippen LogP contribution >= 0.6 is 15.9 Å². The molecule has 38 heavy (non-hydrogen) atoms. The SMILES string of the molecule is CS(=O)(=O)OCCN(CCBr)c1c(C(F)(F)F)cc([N+](=O)[O-])cc1S(=O)(=O)N1CCN(CC(O)CO)CC1. The summed E-state index contributed by atoms with van der Waals surface area (Å²) in [6.07, 6.45) is -5.53. The van der Waals surface area contributed by atoms with Crippen molar-refractivity contribution in [1.29, 1.82) is 0 Å². The minimum atomic E-state index is -5.20. The molecule has 19 heteroatoms. The van der Waals surface area contributed by atoms with Gasteiger partial charge in [0.15, 0.2) is 0 Å². The Morgan fingerprint density at radius 1 is 1.18 bits per heavy atom. The average molecular weight is 657 g/mol. The topological polar surface area (TPSA) is 171 Å². The first kappa shape index (κ1) is 32.6. The summed E-state index contributed by atoms with van der Waals surface area (Å²) in [5.41, 5.74) is -3.52. The summed E-state index contributed by atoms with van der Waals surface area (Å²) in [6, 6.07) is 0.793. The summed E-state index contributed by atoms with van der Waals surface area (Å²) >= 11 is 3.08.